The molecule has 76 valence electrons. The number of phenolic OH excluding ortho intramolecular Hbond substituents is 1. The number of aryl methyl sites for hydroxylation is 1. The molecule has 1 aromatic rings. The lowest BCUT2D eigenvalue weighted by molar-refractivity contribution is 0.448. The van der Waals surface area contributed by atoms with Gasteiger partial charge in [0.2, 0.25) is 0 Å². The van der Waals surface area contributed by atoms with Gasteiger partial charge in [-0.25, -0.2) is 4.39 Å². The molecule has 0 unspecified atom stereocenters. The topological polar surface area (TPSA) is 20.2 Å². The number of benzene rings is 1. The number of thiol groups is 1. The van der Waals surface area contributed by atoms with Crippen LogP contribution in [0.1, 0.15) is 18.9 Å². The van der Waals surface area contributed by atoms with Crippen LogP contribution < -0.4 is 0 Å². The molecular weight excluding hydrogens is 199 g/mol. The number of phenols is 1. The first-order chi connectivity index (χ1) is 6.66. The van der Waals surface area contributed by atoms with Crippen LogP contribution in [0.2, 0.25) is 0 Å². The number of rotatable bonds is 3. The molecule has 0 fully saturated rings. The van der Waals surface area contributed by atoms with E-state index >= 15 is 0 Å². The number of halogens is 1. The zero-order chi connectivity index (χ0) is 10.6. The number of hydrogen-bond acceptors (Lipinski definition) is 2. The minimum Gasteiger partial charge on any atom is -0.507 e. The van der Waals surface area contributed by atoms with E-state index in [1.807, 2.05) is 19.1 Å². The van der Waals surface area contributed by atoms with Crippen LogP contribution in [0.5, 0.6) is 5.75 Å². The van der Waals surface area contributed by atoms with E-state index in [0.717, 1.165) is 6.42 Å². The Morgan fingerprint density at radius 3 is 2.86 bits per heavy atom. The van der Waals surface area contributed by atoms with E-state index in [1.165, 1.54) is 6.07 Å². The molecule has 0 bridgehead atoms. The molecule has 0 amide bonds. The summed E-state index contributed by atoms with van der Waals surface area (Å²) in [4.78, 5) is 0.0305. The van der Waals surface area contributed by atoms with Crippen LogP contribution in [-0.2, 0) is 6.42 Å². The highest BCUT2D eigenvalue weighted by molar-refractivity contribution is 7.80. The van der Waals surface area contributed by atoms with E-state index in [4.69, 9.17) is 5.11 Å². The van der Waals surface area contributed by atoms with Crippen molar-refractivity contribution in [3.05, 3.63) is 35.7 Å². The van der Waals surface area contributed by atoms with Crippen molar-refractivity contribution in [3.8, 4) is 5.75 Å². The van der Waals surface area contributed by atoms with Crippen LogP contribution >= 0.6 is 12.6 Å². The van der Waals surface area contributed by atoms with Gasteiger partial charge in [-0.3, -0.25) is 0 Å². The molecule has 0 aromatic heterocycles. The fourth-order valence-corrected chi connectivity index (χ4v) is 1.41. The van der Waals surface area contributed by atoms with Gasteiger partial charge in [-0.2, -0.15) is 0 Å². The summed E-state index contributed by atoms with van der Waals surface area (Å²) in [7, 11) is 0. The van der Waals surface area contributed by atoms with Gasteiger partial charge >= 0.3 is 0 Å². The molecule has 0 saturated carbocycles. The fourth-order valence-electron chi connectivity index (χ4n) is 1.19. The molecule has 3 heteroatoms. The summed E-state index contributed by atoms with van der Waals surface area (Å²) in [6.45, 7) is 1.93. The molecule has 1 nitrogen and oxygen atoms in total. The molecule has 1 N–H and O–H groups in total. The minimum atomic E-state index is -0.419. The number of aromatic hydroxyl groups is 1. The zero-order valence-electron chi connectivity index (χ0n) is 8.00. The summed E-state index contributed by atoms with van der Waals surface area (Å²) in [6, 6.07) is 3.06. The van der Waals surface area contributed by atoms with Crippen LogP contribution in [0.4, 0.5) is 4.39 Å². The first-order valence-electron chi connectivity index (χ1n) is 4.47. The standard InChI is InChI=1S/C11H13FOS/c1-2-3-4-5-8-6-7-9(13)11(14)10(8)12/h2-3,6-7,13-14H,4-5H2,1H3/b3-2+. The average molecular weight is 212 g/mol. The highest BCUT2D eigenvalue weighted by atomic mass is 32.1. The highest BCUT2D eigenvalue weighted by Gasteiger charge is 2.08. The lowest BCUT2D eigenvalue weighted by Gasteiger charge is -2.05. The molecule has 0 atom stereocenters. The van der Waals surface area contributed by atoms with Crippen molar-refractivity contribution in [2.75, 3.05) is 0 Å². The zero-order valence-corrected chi connectivity index (χ0v) is 8.89. The maximum atomic E-state index is 13.4. The average Bonchev–Trinajstić information content (AvgIpc) is 2.18. The number of hydrogen-bond donors (Lipinski definition) is 2. The monoisotopic (exact) mass is 212 g/mol. The second-order valence-electron chi connectivity index (χ2n) is 3.01. The highest BCUT2D eigenvalue weighted by Crippen LogP contribution is 2.27. The van der Waals surface area contributed by atoms with E-state index in [-0.39, 0.29) is 10.6 Å². The Balaban J connectivity index is 2.83. The van der Waals surface area contributed by atoms with Crippen LogP contribution in [0, 0.1) is 5.82 Å². The third kappa shape index (κ3) is 2.51. The van der Waals surface area contributed by atoms with Crippen molar-refractivity contribution < 1.29 is 9.50 Å². The Labute approximate surface area is 88.7 Å². The van der Waals surface area contributed by atoms with Crippen molar-refractivity contribution in [1.82, 2.24) is 0 Å². The van der Waals surface area contributed by atoms with Crippen LogP contribution in [-0.4, -0.2) is 5.11 Å². The van der Waals surface area contributed by atoms with Crippen molar-refractivity contribution in [1.29, 1.82) is 0 Å². The smallest absolute Gasteiger partial charge is 0.143 e. The summed E-state index contributed by atoms with van der Waals surface area (Å²) in [5, 5.41) is 9.17. The maximum Gasteiger partial charge on any atom is 0.143 e. The molecule has 0 aliphatic rings. The molecule has 0 radical (unpaired) electrons. The van der Waals surface area contributed by atoms with Gasteiger partial charge in [0.15, 0.2) is 0 Å². The van der Waals surface area contributed by atoms with Gasteiger partial charge in [0.05, 0.1) is 4.90 Å². The van der Waals surface area contributed by atoms with E-state index in [9.17, 15) is 4.39 Å². The molecule has 0 aliphatic heterocycles. The predicted molar refractivity (Wildman–Crippen MR) is 58.5 cm³/mol. The van der Waals surface area contributed by atoms with Crippen molar-refractivity contribution in [3.63, 3.8) is 0 Å². The Morgan fingerprint density at radius 2 is 2.21 bits per heavy atom. The van der Waals surface area contributed by atoms with Gasteiger partial charge in [0.1, 0.15) is 11.6 Å². The first kappa shape index (κ1) is 11.1. The molecule has 1 rings (SSSR count). The Bertz CT molecular complexity index is 347. The third-order valence-corrected chi connectivity index (χ3v) is 2.42. The largest absolute Gasteiger partial charge is 0.507 e. The minimum absolute atomic E-state index is 0.0305. The lowest BCUT2D eigenvalue weighted by atomic mass is 10.1. The van der Waals surface area contributed by atoms with Gasteiger partial charge < -0.3 is 5.11 Å². The molecule has 0 saturated heterocycles. The van der Waals surface area contributed by atoms with Gasteiger partial charge in [-0.1, -0.05) is 18.2 Å². The molecule has 14 heavy (non-hydrogen) atoms. The molecule has 0 aliphatic carbocycles. The fraction of sp³-hybridized carbons (Fsp3) is 0.273. The summed E-state index contributed by atoms with van der Waals surface area (Å²) >= 11 is 3.88. The van der Waals surface area contributed by atoms with E-state index in [0.29, 0.717) is 12.0 Å². The molecule has 1 aromatic carbocycles. The van der Waals surface area contributed by atoms with Crippen LogP contribution in [0.3, 0.4) is 0 Å². The van der Waals surface area contributed by atoms with E-state index in [2.05, 4.69) is 12.6 Å². The predicted octanol–water partition coefficient (Wildman–Crippen LogP) is 3.33. The molecule has 0 spiro atoms. The Morgan fingerprint density at radius 1 is 1.50 bits per heavy atom. The Kier molecular flexibility index (Phi) is 4.01. The summed E-state index contributed by atoms with van der Waals surface area (Å²) in [5.41, 5.74) is 0.589. The summed E-state index contributed by atoms with van der Waals surface area (Å²) in [6.07, 6.45) is 5.33. The second kappa shape index (κ2) is 5.05. The maximum absolute atomic E-state index is 13.4. The Hall–Kier alpha value is -0.960. The summed E-state index contributed by atoms with van der Waals surface area (Å²) < 4.78 is 13.4. The van der Waals surface area contributed by atoms with Crippen molar-refractivity contribution in [2.24, 2.45) is 0 Å². The lowest BCUT2D eigenvalue weighted by Crippen LogP contribution is -1.91. The SMILES string of the molecule is C/C=C/CCc1ccc(O)c(S)c1F. The van der Waals surface area contributed by atoms with Crippen LogP contribution in [0.25, 0.3) is 0 Å². The van der Waals surface area contributed by atoms with Crippen molar-refractivity contribution >= 4 is 12.6 Å². The van der Waals surface area contributed by atoms with Gasteiger partial charge in [-0.05, 0) is 31.4 Å². The number of allylic oxidation sites excluding steroid dienone is 2. The first-order valence-corrected chi connectivity index (χ1v) is 4.92. The third-order valence-electron chi connectivity index (χ3n) is 1.99. The normalized spacial score (nSPS) is 11.1. The van der Waals surface area contributed by atoms with E-state index < -0.39 is 5.82 Å². The van der Waals surface area contributed by atoms with Crippen LogP contribution in [0.15, 0.2) is 29.2 Å². The van der Waals surface area contributed by atoms with Gasteiger partial charge in [0.25, 0.3) is 0 Å². The molecule has 0 heterocycles. The van der Waals surface area contributed by atoms with Gasteiger partial charge in [0, 0.05) is 0 Å². The van der Waals surface area contributed by atoms with E-state index in [1.54, 1.807) is 6.07 Å². The molecular formula is C11H13FOS. The second-order valence-corrected chi connectivity index (χ2v) is 3.46. The van der Waals surface area contributed by atoms with Gasteiger partial charge in [-0.15, -0.1) is 12.6 Å². The quantitative estimate of drug-likeness (QED) is 0.581. The summed E-state index contributed by atoms with van der Waals surface area (Å²) in [5.74, 6) is -0.529. The van der Waals surface area contributed by atoms with Crippen molar-refractivity contribution in [2.45, 2.75) is 24.7 Å².